The molecule has 0 heterocycles. The molecule has 20 heavy (non-hydrogen) atoms. The van der Waals surface area contributed by atoms with E-state index in [1.807, 2.05) is 13.0 Å². The van der Waals surface area contributed by atoms with Crippen molar-refractivity contribution in [3.8, 4) is 6.07 Å². The second-order valence-corrected chi connectivity index (χ2v) is 4.75. The van der Waals surface area contributed by atoms with Crippen LogP contribution in [-0.2, 0) is 4.79 Å². The molecule has 108 valence electrons. The monoisotopic (exact) mass is 298 g/mol. The Morgan fingerprint density at radius 1 is 1.55 bits per heavy atom. The van der Waals surface area contributed by atoms with E-state index in [2.05, 4.69) is 0 Å². The summed E-state index contributed by atoms with van der Waals surface area (Å²) in [5, 5.41) is 18.3. The second-order valence-electron chi connectivity index (χ2n) is 4.35. The predicted octanol–water partition coefficient (Wildman–Crippen LogP) is 3.23. The summed E-state index contributed by atoms with van der Waals surface area (Å²) in [6.07, 6.45) is 0.619. The maximum absolute atomic E-state index is 13.9. The molecule has 6 heteroatoms. The highest BCUT2D eigenvalue weighted by atomic mass is 35.5. The van der Waals surface area contributed by atoms with Gasteiger partial charge in [0.05, 0.1) is 12.5 Å². The van der Waals surface area contributed by atoms with Crippen LogP contribution < -0.4 is 0 Å². The summed E-state index contributed by atoms with van der Waals surface area (Å²) in [6, 6.07) is 5.36. The average Bonchev–Trinajstić information content (AvgIpc) is 2.39. The number of carboxylic acid groups (broad SMARTS) is 1. The average molecular weight is 299 g/mol. The summed E-state index contributed by atoms with van der Waals surface area (Å²) >= 11 is 5.98. The minimum absolute atomic E-state index is 0.107. The fourth-order valence-electron chi connectivity index (χ4n) is 2.00. The zero-order valence-electron chi connectivity index (χ0n) is 11.1. The molecule has 0 bridgehead atoms. The lowest BCUT2D eigenvalue weighted by Crippen LogP contribution is -2.31. The first kappa shape index (κ1) is 16.4. The summed E-state index contributed by atoms with van der Waals surface area (Å²) < 4.78 is 13.9. The van der Waals surface area contributed by atoms with Crippen molar-refractivity contribution in [2.45, 2.75) is 25.8 Å². The number of hydrogen-bond donors (Lipinski definition) is 1. The molecule has 0 saturated heterocycles. The fourth-order valence-corrected chi connectivity index (χ4v) is 2.26. The minimum atomic E-state index is -0.956. The number of aliphatic carboxylic acids is 1. The number of benzene rings is 1. The summed E-state index contributed by atoms with van der Waals surface area (Å²) in [7, 11) is 0. The van der Waals surface area contributed by atoms with Gasteiger partial charge in [-0.25, -0.2) is 4.39 Å². The topological polar surface area (TPSA) is 64.3 Å². The molecule has 1 atom stereocenters. The number of nitrogens with zero attached hydrogens (tertiary/aromatic N) is 2. The van der Waals surface area contributed by atoms with E-state index in [9.17, 15) is 14.4 Å². The van der Waals surface area contributed by atoms with E-state index < -0.39 is 17.8 Å². The van der Waals surface area contributed by atoms with Gasteiger partial charge in [-0.2, -0.15) is 5.26 Å². The lowest BCUT2D eigenvalue weighted by atomic mass is 10.0. The second kappa shape index (κ2) is 7.83. The van der Waals surface area contributed by atoms with Crippen LogP contribution in [0, 0.1) is 17.1 Å². The Labute approximate surface area is 122 Å². The van der Waals surface area contributed by atoms with Crippen LogP contribution in [0.3, 0.4) is 0 Å². The number of rotatable bonds is 7. The maximum atomic E-state index is 13.9. The molecule has 0 fully saturated rings. The lowest BCUT2D eigenvalue weighted by molar-refractivity contribution is -0.137. The van der Waals surface area contributed by atoms with Gasteiger partial charge >= 0.3 is 5.97 Å². The van der Waals surface area contributed by atoms with Crippen LogP contribution >= 0.6 is 11.6 Å². The molecular weight excluding hydrogens is 283 g/mol. The van der Waals surface area contributed by atoms with E-state index in [-0.39, 0.29) is 23.6 Å². The standard InChI is InChI=1S/C14H16ClFN2O2/c1-2-7-18(8-6-13(19)20)12(9-17)14-10(15)4-3-5-11(14)16/h3-5,12H,2,6-8H2,1H3,(H,19,20). The SMILES string of the molecule is CCCN(CCC(=O)O)C(C#N)c1c(F)cccc1Cl. The maximum Gasteiger partial charge on any atom is 0.304 e. The largest absolute Gasteiger partial charge is 0.481 e. The van der Waals surface area contributed by atoms with Gasteiger partial charge in [-0.15, -0.1) is 0 Å². The van der Waals surface area contributed by atoms with Gasteiger partial charge in [0.25, 0.3) is 0 Å². The number of carboxylic acids is 1. The molecule has 0 aliphatic carbocycles. The van der Waals surface area contributed by atoms with Crippen LogP contribution in [0.2, 0.25) is 5.02 Å². The van der Waals surface area contributed by atoms with Crippen LogP contribution in [0.15, 0.2) is 18.2 Å². The van der Waals surface area contributed by atoms with Gasteiger partial charge in [-0.05, 0) is 25.1 Å². The smallest absolute Gasteiger partial charge is 0.304 e. The van der Waals surface area contributed by atoms with Crippen LogP contribution in [0.25, 0.3) is 0 Å². The molecule has 0 aliphatic heterocycles. The van der Waals surface area contributed by atoms with Gasteiger partial charge in [-0.3, -0.25) is 9.69 Å². The summed E-state index contributed by atoms with van der Waals surface area (Å²) in [5.41, 5.74) is 0.107. The molecule has 1 N–H and O–H groups in total. The van der Waals surface area contributed by atoms with Crippen molar-refractivity contribution >= 4 is 17.6 Å². The minimum Gasteiger partial charge on any atom is -0.481 e. The summed E-state index contributed by atoms with van der Waals surface area (Å²) in [5.74, 6) is -1.51. The Bertz CT molecular complexity index is 496. The molecule has 0 amide bonds. The first-order valence-corrected chi connectivity index (χ1v) is 6.68. The predicted molar refractivity (Wildman–Crippen MR) is 73.9 cm³/mol. The Morgan fingerprint density at radius 3 is 2.75 bits per heavy atom. The van der Waals surface area contributed by atoms with E-state index in [0.29, 0.717) is 6.54 Å². The highest BCUT2D eigenvalue weighted by molar-refractivity contribution is 6.31. The van der Waals surface area contributed by atoms with Gasteiger partial charge in [0.15, 0.2) is 0 Å². The summed E-state index contributed by atoms with van der Waals surface area (Å²) in [4.78, 5) is 12.3. The van der Waals surface area contributed by atoms with Crippen molar-refractivity contribution < 1.29 is 14.3 Å². The summed E-state index contributed by atoms with van der Waals surface area (Å²) in [6.45, 7) is 2.58. The Hall–Kier alpha value is -1.64. The quantitative estimate of drug-likeness (QED) is 0.839. The Kier molecular flexibility index (Phi) is 6.43. The molecular formula is C14H16ClFN2O2. The van der Waals surface area contributed by atoms with Crippen LogP contribution in [0.5, 0.6) is 0 Å². The van der Waals surface area contributed by atoms with Crippen molar-refractivity contribution in [3.63, 3.8) is 0 Å². The molecule has 1 unspecified atom stereocenters. The van der Waals surface area contributed by atoms with Gasteiger partial charge in [0, 0.05) is 17.1 Å². The molecule has 0 aliphatic rings. The number of halogens is 2. The van der Waals surface area contributed by atoms with Crippen molar-refractivity contribution in [1.29, 1.82) is 5.26 Å². The number of hydrogen-bond acceptors (Lipinski definition) is 3. The van der Waals surface area contributed by atoms with Crippen LogP contribution in [0.1, 0.15) is 31.4 Å². The van der Waals surface area contributed by atoms with E-state index in [1.165, 1.54) is 18.2 Å². The van der Waals surface area contributed by atoms with Crippen molar-refractivity contribution in [2.24, 2.45) is 0 Å². The lowest BCUT2D eigenvalue weighted by Gasteiger charge is -2.27. The van der Waals surface area contributed by atoms with Crippen LogP contribution in [-0.4, -0.2) is 29.1 Å². The highest BCUT2D eigenvalue weighted by Gasteiger charge is 2.25. The first-order chi connectivity index (χ1) is 9.51. The molecule has 1 aromatic carbocycles. The Balaban J connectivity index is 3.07. The Morgan fingerprint density at radius 2 is 2.25 bits per heavy atom. The molecule has 0 saturated carbocycles. The molecule has 0 spiro atoms. The first-order valence-electron chi connectivity index (χ1n) is 6.30. The third-order valence-electron chi connectivity index (χ3n) is 2.88. The van der Waals surface area contributed by atoms with Gasteiger partial charge in [0.1, 0.15) is 11.9 Å². The third kappa shape index (κ3) is 4.19. The van der Waals surface area contributed by atoms with Gasteiger partial charge < -0.3 is 5.11 Å². The zero-order chi connectivity index (χ0) is 15.1. The van der Waals surface area contributed by atoms with Gasteiger partial charge in [0.2, 0.25) is 0 Å². The highest BCUT2D eigenvalue weighted by Crippen LogP contribution is 2.30. The van der Waals surface area contributed by atoms with Crippen LogP contribution in [0.4, 0.5) is 4.39 Å². The van der Waals surface area contributed by atoms with E-state index in [4.69, 9.17) is 16.7 Å². The molecule has 0 aromatic heterocycles. The number of carbonyl (C=O) groups is 1. The van der Waals surface area contributed by atoms with E-state index in [0.717, 1.165) is 6.42 Å². The molecule has 4 nitrogen and oxygen atoms in total. The molecule has 1 rings (SSSR count). The fraction of sp³-hybridized carbons (Fsp3) is 0.429. The number of nitriles is 1. The van der Waals surface area contributed by atoms with E-state index >= 15 is 0 Å². The zero-order valence-corrected chi connectivity index (χ0v) is 11.9. The van der Waals surface area contributed by atoms with Crippen molar-refractivity contribution in [3.05, 3.63) is 34.6 Å². The van der Waals surface area contributed by atoms with Crippen molar-refractivity contribution in [1.82, 2.24) is 4.90 Å². The van der Waals surface area contributed by atoms with Gasteiger partial charge in [-0.1, -0.05) is 24.6 Å². The van der Waals surface area contributed by atoms with E-state index in [1.54, 1.807) is 4.90 Å². The normalized spacial score (nSPS) is 12.2. The van der Waals surface area contributed by atoms with Crippen molar-refractivity contribution in [2.75, 3.05) is 13.1 Å². The molecule has 0 radical (unpaired) electrons. The molecule has 1 aromatic rings. The third-order valence-corrected chi connectivity index (χ3v) is 3.21.